The van der Waals surface area contributed by atoms with Gasteiger partial charge in [-0.25, -0.2) is 0 Å². The van der Waals surface area contributed by atoms with Crippen molar-refractivity contribution in [3.63, 3.8) is 0 Å². The first-order valence-corrected chi connectivity index (χ1v) is 5.39. The molecular weight excluding hydrogens is 220 g/mol. The van der Waals surface area contributed by atoms with Gasteiger partial charge in [-0.05, 0) is 6.07 Å². The predicted octanol–water partition coefficient (Wildman–Crippen LogP) is 0.721. The minimum absolute atomic E-state index is 0.309. The molecule has 5 heteroatoms. The van der Waals surface area contributed by atoms with Gasteiger partial charge in [0.1, 0.15) is 5.75 Å². The van der Waals surface area contributed by atoms with Crippen LogP contribution in [0.2, 0.25) is 0 Å². The lowest BCUT2D eigenvalue weighted by atomic mass is 10.2. The summed E-state index contributed by atoms with van der Waals surface area (Å²) in [4.78, 5) is 1.91. The molecule has 1 rings (SSSR count). The first-order valence-electron chi connectivity index (χ1n) is 5.39. The van der Waals surface area contributed by atoms with Gasteiger partial charge in [0.25, 0.3) is 0 Å². The Morgan fingerprint density at radius 1 is 1.35 bits per heavy atom. The molecule has 1 aromatic carbocycles. The van der Waals surface area contributed by atoms with Crippen molar-refractivity contribution >= 4 is 11.4 Å². The highest BCUT2D eigenvalue weighted by atomic mass is 16.5. The second-order valence-corrected chi connectivity index (χ2v) is 3.95. The molecule has 0 aliphatic heterocycles. The molecule has 0 aliphatic carbocycles. The van der Waals surface area contributed by atoms with E-state index in [1.54, 1.807) is 20.3 Å². The fourth-order valence-electron chi connectivity index (χ4n) is 1.61. The number of anilines is 2. The number of benzene rings is 1. The summed E-state index contributed by atoms with van der Waals surface area (Å²) >= 11 is 0. The molecular formula is C12H20N2O3. The number of hydrogen-bond donors (Lipinski definition) is 2. The molecule has 0 amide bonds. The minimum Gasteiger partial charge on any atom is -0.497 e. The van der Waals surface area contributed by atoms with E-state index in [2.05, 4.69) is 0 Å². The molecule has 0 fully saturated rings. The van der Waals surface area contributed by atoms with Gasteiger partial charge in [0.05, 0.1) is 19.8 Å². The van der Waals surface area contributed by atoms with Gasteiger partial charge in [-0.2, -0.15) is 0 Å². The van der Waals surface area contributed by atoms with E-state index in [4.69, 9.17) is 15.2 Å². The quantitative estimate of drug-likeness (QED) is 0.717. The smallest absolute Gasteiger partial charge is 0.122 e. The Labute approximate surface area is 102 Å². The average molecular weight is 240 g/mol. The Bertz CT molecular complexity index is 358. The lowest BCUT2D eigenvalue weighted by Crippen LogP contribution is -2.31. The van der Waals surface area contributed by atoms with Crippen molar-refractivity contribution in [2.24, 2.45) is 0 Å². The zero-order chi connectivity index (χ0) is 12.8. The van der Waals surface area contributed by atoms with E-state index in [0.717, 1.165) is 5.69 Å². The fourth-order valence-corrected chi connectivity index (χ4v) is 1.61. The Kier molecular flexibility index (Phi) is 5.06. The minimum atomic E-state index is -0.530. The summed E-state index contributed by atoms with van der Waals surface area (Å²) in [6.07, 6.45) is -0.530. The molecule has 1 aromatic rings. The molecule has 0 aliphatic rings. The average Bonchev–Trinajstić information content (AvgIpc) is 2.28. The molecule has 0 spiro atoms. The number of rotatable bonds is 6. The predicted molar refractivity (Wildman–Crippen MR) is 68.6 cm³/mol. The number of hydrogen-bond acceptors (Lipinski definition) is 5. The van der Waals surface area contributed by atoms with Crippen LogP contribution in [0.1, 0.15) is 0 Å². The van der Waals surface area contributed by atoms with E-state index in [9.17, 15) is 5.11 Å². The van der Waals surface area contributed by atoms with Crippen LogP contribution in [-0.2, 0) is 4.74 Å². The molecule has 0 radical (unpaired) electrons. The number of aliphatic hydroxyl groups excluding tert-OH is 1. The molecule has 17 heavy (non-hydrogen) atoms. The number of ether oxygens (including phenoxy) is 2. The SMILES string of the molecule is COCC(O)CN(C)c1cc(N)cc(OC)c1. The van der Waals surface area contributed by atoms with Crippen molar-refractivity contribution in [2.45, 2.75) is 6.10 Å². The van der Waals surface area contributed by atoms with Crippen LogP contribution < -0.4 is 15.4 Å². The summed E-state index contributed by atoms with van der Waals surface area (Å²) in [6.45, 7) is 0.782. The van der Waals surface area contributed by atoms with Crippen LogP contribution in [0.5, 0.6) is 5.75 Å². The summed E-state index contributed by atoms with van der Waals surface area (Å²) < 4.78 is 10.0. The van der Waals surface area contributed by atoms with Crippen LogP contribution in [-0.4, -0.2) is 45.6 Å². The number of aliphatic hydroxyl groups is 1. The van der Waals surface area contributed by atoms with E-state index < -0.39 is 6.10 Å². The van der Waals surface area contributed by atoms with Crippen molar-refractivity contribution in [1.29, 1.82) is 0 Å². The van der Waals surface area contributed by atoms with E-state index in [0.29, 0.717) is 24.6 Å². The van der Waals surface area contributed by atoms with Gasteiger partial charge in [-0.15, -0.1) is 0 Å². The van der Waals surface area contributed by atoms with Crippen LogP contribution in [0, 0.1) is 0 Å². The standard InChI is InChI=1S/C12H20N2O3/c1-14(7-11(15)8-16-2)10-4-9(13)5-12(6-10)17-3/h4-6,11,15H,7-8,13H2,1-3H3. The first kappa shape index (κ1) is 13.6. The highest BCUT2D eigenvalue weighted by Crippen LogP contribution is 2.24. The normalized spacial score (nSPS) is 12.2. The monoisotopic (exact) mass is 240 g/mol. The van der Waals surface area contributed by atoms with Gasteiger partial charge in [-0.1, -0.05) is 0 Å². The highest BCUT2D eigenvalue weighted by Gasteiger charge is 2.10. The van der Waals surface area contributed by atoms with Gasteiger partial charge < -0.3 is 25.2 Å². The summed E-state index contributed by atoms with van der Waals surface area (Å²) in [7, 11) is 5.04. The lowest BCUT2D eigenvalue weighted by molar-refractivity contribution is 0.0695. The Morgan fingerprint density at radius 2 is 2.06 bits per heavy atom. The lowest BCUT2D eigenvalue weighted by Gasteiger charge is -2.23. The maximum Gasteiger partial charge on any atom is 0.122 e. The molecule has 0 aromatic heterocycles. The Balaban J connectivity index is 2.74. The van der Waals surface area contributed by atoms with Crippen LogP contribution in [0.25, 0.3) is 0 Å². The van der Waals surface area contributed by atoms with Gasteiger partial charge >= 0.3 is 0 Å². The van der Waals surface area contributed by atoms with Crippen molar-refractivity contribution < 1.29 is 14.6 Å². The van der Waals surface area contributed by atoms with E-state index in [1.807, 2.05) is 24.1 Å². The van der Waals surface area contributed by atoms with Crippen molar-refractivity contribution in [2.75, 3.05) is 45.1 Å². The summed E-state index contributed by atoms with van der Waals surface area (Å²) in [6, 6.07) is 5.46. The Morgan fingerprint density at radius 3 is 2.65 bits per heavy atom. The van der Waals surface area contributed by atoms with Gasteiger partial charge in [0.15, 0.2) is 0 Å². The van der Waals surface area contributed by atoms with E-state index in [1.165, 1.54) is 0 Å². The van der Waals surface area contributed by atoms with Gasteiger partial charge in [-0.3, -0.25) is 0 Å². The third kappa shape index (κ3) is 4.13. The maximum atomic E-state index is 9.65. The van der Waals surface area contributed by atoms with Crippen LogP contribution in [0.4, 0.5) is 11.4 Å². The first-order chi connectivity index (χ1) is 8.06. The largest absolute Gasteiger partial charge is 0.497 e. The molecule has 5 nitrogen and oxygen atoms in total. The number of likely N-dealkylation sites (N-methyl/N-ethyl adjacent to an activating group) is 1. The molecule has 96 valence electrons. The molecule has 1 unspecified atom stereocenters. The van der Waals surface area contributed by atoms with Crippen molar-refractivity contribution in [3.8, 4) is 5.75 Å². The molecule has 0 bridgehead atoms. The number of nitrogens with zero attached hydrogens (tertiary/aromatic N) is 1. The third-order valence-corrected chi connectivity index (χ3v) is 2.43. The molecule has 1 atom stereocenters. The zero-order valence-electron chi connectivity index (χ0n) is 10.5. The molecule has 0 heterocycles. The van der Waals surface area contributed by atoms with Crippen LogP contribution in [0.3, 0.4) is 0 Å². The summed E-state index contributed by atoms with van der Waals surface area (Å²) in [5, 5.41) is 9.65. The molecule has 0 saturated heterocycles. The van der Waals surface area contributed by atoms with Crippen LogP contribution in [0.15, 0.2) is 18.2 Å². The molecule has 0 saturated carbocycles. The molecule has 3 N–H and O–H groups in total. The van der Waals surface area contributed by atoms with E-state index in [-0.39, 0.29) is 0 Å². The number of methoxy groups -OCH3 is 2. The van der Waals surface area contributed by atoms with Gasteiger partial charge in [0, 0.05) is 44.2 Å². The van der Waals surface area contributed by atoms with Crippen LogP contribution >= 0.6 is 0 Å². The van der Waals surface area contributed by atoms with Crippen molar-refractivity contribution in [3.05, 3.63) is 18.2 Å². The Hall–Kier alpha value is -1.46. The summed E-state index contributed by atoms with van der Waals surface area (Å²) in [5.74, 6) is 0.702. The second-order valence-electron chi connectivity index (χ2n) is 3.95. The zero-order valence-corrected chi connectivity index (χ0v) is 10.5. The second kappa shape index (κ2) is 6.32. The maximum absolute atomic E-state index is 9.65. The van der Waals surface area contributed by atoms with E-state index >= 15 is 0 Å². The topological polar surface area (TPSA) is 68.0 Å². The van der Waals surface area contributed by atoms with Crippen molar-refractivity contribution in [1.82, 2.24) is 0 Å². The fraction of sp³-hybridized carbons (Fsp3) is 0.500. The summed E-state index contributed by atoms with van der Waals surface area (Å²) in [5.41, 5.74) is 7.30. The number of nitrogen functional groups attached to an aromatic ring is 1. The number of nitrogens with two attached hydrogens (primary N) is 1. The third-order valence-electron chi connectivity index (χ3n) is 2.43. The highest BCUT2D eigenvalue weighted by molar-refractivity contribution is 5.60. The van der Waals surface area contributed by atoms with Gasteiger partial charge in [0.2, 0.25) is 0 Å².